The van der Waals surface area contributed by atoms with Crippen molar-refractivity contribution in [3.63, 3.8) is 0 Å². The van der Waals surface area contributed by atoms with Crippen molar-refractivity contribution in [3.05, 3.63) is 47.2 Å². The molecule has 0 aliphatic heterocycles. The second kappa shape index (κ2) is 7.22. The van der Waals surface area contributed by atoms with Gasteiger partial charge in [0.05, 0.1) is 14.2 Å². The van der Waals surface area contributed by atoms with Crippen LogP contribution in [0.5, 0.6) is 11.5 Å². The van der Waals surface area contributed by atoms with E-state index in [-0.39, 0.29) is 23.7 Å². The summed E-state index contributed by atoms with van der Waals surface area (Å²) in [6.45, 7) is 2.06. The summed E-state index contributed by atoms with van der Waals surface area (Å²) in [5.74, 6) is 1.82. The van der Waals surface area contributed by atoms with Gasteiger partial charge in [0.1, 0.15) is 11.3 Å². The molecule has 0 atom stereocenters. The molecule has 0 aliphatic carbocycles. The first kappa shape index (κ1) is 17.4. The number of nitrogens with two attached hydrogens (primary N) is 1. The smallest absolute Gasteiger partial charge is 0.259 e. The molecule has 0 aliphatic rings. The Kier molecular flexibility index (Phi) is 4.83. The molecular weight excluding hydrogens is 338 g/mol. The standard InChI is InChI=1S/C18H19N3O5/c1-10-4-6-13(25-10)16-15(17(19)26-21-16)18(22)20-9-11-5-7-12(23-2)14(8-11)24-3/h4-8H,9,19H2,1-3H3,(H,20,22). The number of methoxy groups -OCH3 is 2. The zero-order valence-corrected chi connectivity index (χ0v) is 14.7. The van der Waals surface area contributed by atoms with Gasteiger partial charge in [-0.15, -0.1) is 0 Å². The lowest BCUT2D eigenvalue weighted by Gasteiger charge is -2.10. The van der Waals surface area contributed by atoms with E-state index in [9.17, 15) is 4.79 Å². The summed E-state index contributed by atoms with van der Waals surface area (Å²) in [4.78, 5) is 12.6. The minimum atomic E-state index is -0.414. The van der Waals surface area contributed by atoms with Gasteiger partial charge in [-0.25, -0.2) is 0 Å². The van der Waals surface area contributed by atoms with Crippen molar-refractivity contribution in [1.29, 1.82) is 0 Å². The number of carbonyl (C=O) groups excluding carboxylic acids is 1. The molecule has 8 heteroatoms. The predicted octanol–water partition coefficient (Wildman–Crippen LogP) is 2.77. The number of carbonyl (C=O) groups is 1. The number of furan rings is 1. The summed E-state index contributed by atoms with van der Waals surface area (Å²) in [7, 11) is 3.11. The monoisotopic (exact) mass is 357 g/mol. The van der Waals surface area contributed by atoms with Crippen LogP contribution >= 0.6 is 0 Å². The summed E-state index contributed by atoms with van der Waals surface area (Å²) in [5, 5.41) is 6.63. The van der Waals surface area contributed by atoms with Crippen molar-refractivity contribution in [3.8, 4) is 23.0 Å². The molecule has 136 valence electrons. The first-order valence-corrected chi connectivity index (χ1v) is 7.84. The number of nitrogen functional groups attached to an aromatic ring is 1. The van der Waals surface area contributed by atoms with Gasteiger partial charge in [-0.2, -0.15) is 0 Å². The average molecular weight is 357 g/mol. The van der Waals surface area contributed by atoms with E-state index in [0.29, 0.717) is 23.0 Å². The lowest BCUT2D eigenvalue weighted by atomic mass is 10.1. The fourth-order valence-corrected chi connectivity index (χ4v) is 2.51. The largest absolute Gasteiger partial charge is 0.493 e. The first-order chi connectivity index (χ1) is 12.5. The molecular formula is C18H19N3O5. The van der Waals surface area contributed by atoms with E-state index in [0.717, 1.165) is 5.56 Å². The number of anilines is 1. The van der Waals surface area contributed by atoms with Gasteiger partial charge in [-0.1, -0.05) is 11.2 Å². The van der Waals surface area contributed by atoms with Gasteiger partial charge in [0.25, 0.3) is 5.91 Å². The summed E-state index contributed by atoms with van der Waals surface area (Å²) in [6, 6.07) is 8.86. The van der Waals surface area contributed by atoms with Gasteiger partial charge in [0, 0.05) is 6.54 Å². The maximum atomic E-state index is 12.6. The Labute approximate surface area is 149 Å². The fraction of sp³-hybridized carbons (Fsp3) is 0.222. The van der Waals surface area contributed by atoms with E-state index in [2.05, 4.69) is 10.5 Å². The highest BCUT2D eigenvalue weighted by Crippen LogP contribution is 2.29. The molecule has 0 saturated carbocycles. The third-order valence-corrected chi connectivity index (χ3v) is 3.82. The lowest BCUT2D eigenvalue weighted by molar-refractivity contribution is 0.0952. The molecule has 0 spiro atoms. The van der Waals surface area contributed by atoms with E-state index in [1.54, 1.807) is 45.4 Å². The van der Waals surface area contributed by atoms with Crippen LogP contribution in [0, 0.1) is 6.92 Å². The Balaban J connectivity index is 1.78. The minimum absolute atomic E-state index is 0.0705. The van der Waals surface area contributed by atoms with Crippen molar-refractivity contribution in [2.75, 3.05) is 20.0 Å². The van der Waals surface area contributed by atoms with Crippen LogP contribution in [-0.2, 0) is 6.54 Å². The summed E-state index contributed by atoms with van der Waals surface area (Å²) < 4.78 is 20.9. The molecule has 0 radical (unpaired) electrons. The van der Waals surface area contributed by atoms with Gasteiger partial charge in [-0.05, 0) is 36.8 Å². The van der Waals surface area contributed by atoms with Gasteiger partial charge in [-0.3, -0.25) is 4.79 Å². The summed E-state index contributed by atoms with van der Waals surface area (Å²) in [6.07, 6.45) is 0. The highest BCUT2D eigenvalue weighted by molar-refractivity contribution is 6.03. The normalized spacial score (nSPS) is 10.6. The van der Waals surface area contributed by atoms with Crippen LogP contribution in [0.2, 0.25) is 0 Å². The number of aryl methyl sites for hydroxylation is 1. The van der Waals surface area contributed by atoms with Crippen molar-refractivity contribution in [2.45, 2.75) is 13.5 Å². The van der Waals surface area contributed by atoms with Gasteiger partial charge < -0.3 is 29.5 Å². The second-order valence-electron chi connectivity index (χ2n) is 5.55. The lowest BCUT2D eigenvalue weighted by Crippen LogP contribution is -2.23. The number of aromatic nitrogens is 1. The Bertz CT molecular complexity index is 929. The Hall–Kier alpha value is -3.42. The highest BCUT2D eigenvalue weighted by Gasteiger charge is 2.24. The summed E-state index contributed by atoms with van der Waals surface area (Å²) in [5.41, 5.74) is 7.01. The van der Waals surface area contributed by atoms with E-state index in [1.807, 2.05) is 6.07 Å². The third-order valence-electron chi connectivity index (χ3n) is 3.82. The molecule has 1 amide bonds. The van der Waals surface area contributed by atoms with Gasteiger partial charge >= 0.3 is 0 Å². The molecule has 0 fully saturated rings. The number of benzene rings is 1. The number of ether oxygens (including phenoxy) is 2. The maximum absolute atomic E-state index is 12.6. The molecule has 0 saturated heterocycles. The van der Waals surface area contributed by atoms with Gasteiger partial charge in [0.15, 0.2) is 23.0 Å². The van der Waals surface area contributed by atoms with E-state index in [4.69, 9.17) is 24.1 Å². The molecule has 3 aromatic rings. The number of nitrogens with one attached hydrogen (secondary N) is 1. The topological polar surface area (TPSA) is 113 Å². The van der Waals surface area contributed by atoms with E-state index in [1.165, 1.54) is 0 Å². The first-order valence-electron chi connectivity index (χ1n) is 7.84. The Morgan fingerprint density at radius 2 is 1.96 bits per heavy atom. The zero-order chi connectivity index (χ0) is 18.7. The van der Waals surface area contributed by atoms with E-state index >= 15 is 0 Å². The molecule has 0 unspecified atom stereocenters. The van der Waals surface area contributed by atoms with Crippen molar-refractivity contribution in [1.82, 2.24) is 10.5 Å². The van der Waals surface area contributed by atoms with Crippen LogP contribution in [0.15, 0.2) is 39.3 Å². The third kappa shape index (κ3) is 3.34. The zero-order valence-electron chi connectivity index (χ0n) is 14.7. The van der Waals surface area contributed by atoms with Crippen LogP contribution in [0.3, 0.4) is 0 Å². The SMILES string of the molecule is COc1ccc(CNC(=O)c2c(-c3ccc(C)o3)noc2N)cc1OC. The van der Waals surface area contributed by atoms with Crippen LogP contribution < -0.4 is 20.5 Å². The molecule has 8 nitrogen and oxygen atoms in total. The molecule has 3 rings (SSSR count). The van der Waals surface area contributed by atoms with Crippen molar-refractivity contribution < 1.29 is 23.2 Å². The second-order valence-corrected chi connectivity index (χ2v) is 5.55. The molecule has 2 aromatic heterocycles. The van der Waals surface area contributed by atoms with Crippen molar-refractivity contribution >= 4 is 11.8 Å². The highest BCUT2D eigenvalue weighted by atomic mass is 16.5. The maximum Gasteiger partial charge on any atom is 0.259 e. The average Bonchev–Trinajstić information content (AvgIpc) is 3.24. The fourth-order valence-electron chi connectivity index (χ4n) is 2.51. The number of rotatable bonds is 6. The van der Waals surface area contributed by atoms with Crippen LogP contribution in [0.1, 0.15) is 21.7 Å². The van der Waals surface area contributed by atoms with E-state index < -0.39 is 5.91 Å². The van der Waals surface area contributed by atoms with Gasteiger partial charge in [0.2, 0.25) is 5.88 Å². The summed E-state index contributed by atoms with van der Waals surface area (Å²) >= 11 is 0. The van der Waals surface area contributed by atoms with Crippen LogP contribution in [0.4, 0.5) is 5.88 Å². The van der Waals surface area contributed by atoms with Crippen molar-refractivity contribution in [2.24, 2.45) is 0 Å². The predicted molar refractivity (Wildman–Crippen MR) is 94.1 cm³/mol. The quantitative estimate of drug-likeness (QED) is 0.697. The van der Waals surface area contributed by atoms with Crippen LogP contribution in [0.25, 0.3) is 11.5 Å². The Morgan fingerprint density at radius 1 is 1.19 bits per heavy atom. The number of nitrogens with zero attached hydrogens (tertiary/aromatic N) is 1. The Morgan fingerprint density at radius 3 is 2.62 bits per heavy atom. The minimum Gasteiger partial charge on any atom is -0.493 e. The molecule has 2 heterocycles. The number of amides is 1. The molecule has 3 N–H and O–H groups in total. The molecule has 1 aromatic carbocycles. The molecule has 26 heavy (non-hydrogen) atoms. The number of hydrogen-bond donors (Lipinski definition) is 2. The number of hydrogen-bond acceptors (Lipinski definition) is 7. The molecule has 0 bridgehead atoms. The van der Waals surface area contributed by atoms with Crippen LogP contribution in [-0.4, -0.2) is 25.3 Å².